The first-order valence-corrected chi connectivity index (χ1v) is 16.0. The SMILES string of the molecule is COc1ccc(C(=O)C(C(c2ccc(Cl)cc2)c2cc(C)ccc2NC(=O)OC(C)(C)C)S(=O)(=O)c2ccc(C)cc2)cc1. The molecule has 0 aliphatic carbocycles. The molecule has 0 aromatic heterocycles. The van der Waals surface area contributed by atoms with E-state index >= 15 is 0 Å². The molecular formula is C35H36ClNO6S. The van der Waals surface area contributed by atoms with E-state index in [0.717, 1.165) is 11.1 Å². The van der Waals surface area contributed by atoms with E-state index in [-0.39, 0.29) is 10.5 Å². The standard InChI is InChI=1S/C35H36ClNO6S/c1-22-7-18-28(19-8-22)44(40,41)33(32(38)25-12-16-27(42-6)17-13-25)31(24-10-14-26(36)15-11-24)29-21-23(2)9-20-30(29)37-34(39)43-35(3,4)5/h7-21,31,33H,1-6H3,(H,37,39). The predicted molar refractivity (Wildman–Crippen MR) is 174 cm³/mol. The van der Waals surface area contributed by atoms with E-state index in [0.29, 0.717) is 27.6 Å². The number of ether oxygens (including phenoxy) is 2. The topological polar surface area (TPSA) is 98.8 Å². The minimum Gasteiger partial charge on any atom is -0.497 e. The van der Waals surface area contributed by atoms with Crippen molar-refractivity contribution in [1.29, 1.82) is 0 Å². The maximum Gasteiger partial charge on any atom is 0.412 e. The van der Waals surface area contributed by atoms with Crippen molar-refractivity contribution < 1.29 is 27.5 Å². The number of carbonyl (C=O) groups excluding carboxylic acids is 2. The smallest absolute Gasteiger partial charge is 0.412 e. The van der Waals surface area contributed by atoms with Gasteiger partial charge >= 0.3 is 6.09 Å². The van der Waals surface area contributed by atoms with Crippen molar-refractivity contribution in [2.24, 2.45) is 0 Å². The molecule has 1 N–H and O–H groups in total. The molecule has 0 aliphatic heterocycles. The number of hydrogen-bond donors (Lipinski definition) is 1. The Morgan fingerprint density at radius 2 is 1.41 bits per heavy atom. The summed E-state index contributed by atoms with van der Waals surface area (Å²) in [7, 11) is -2.82. The normalized spacial score (nSPS) is 13.1. The third kappa shape index (κ3) is 7.68. The molecule has 0 radical (unpaired) electrons. The highest BCUT2D eigenvalue weighted by Crippen LogP contribution is 2.41. The molecule has 0 fully saturated rings. The number of anilines is 1. The van der Waals surface area contributed by atoms with Gasteiger partial charge in [0, 0.05) is 22.2 Å². The average Bonchev–Trinajstić information content (AvgIpc) is 2.96. The zero-order valence-corrected chi connectivity index (χ0v) is 27.1. The Morgan fingerprint density at radius 3 is 1.98 bits per heavy atom. The van der Waals surface area contributed by atoms with E-state index in [1.807, 2.05) is 13.8 Å². The number of amides is 1. The van der Waals surface area contributed by atoms with Gasteiger partial charge in [-0.3, -0.25) is 10.1 Å². The van der Waals surface area contributed by atoms with Crippen molar-refractivity contribution in [2.45, 2.75) is 56.3 Å². The molecule has 4 rings (SSSR count). The fourth-order valence-corrected chi connectivity index (χ4v) is 6.93. The summed E-state index contributed by atoms with van der Waals surface area (Å²) in [5.41, 5.74) is 2.37. The first kappa shape index (κ1) is 32.8. The average molecular weight is 634 g/mol. The van der Waals surface area contributed by atoms with Gasteiger partial charge in [0.1, 0.15) is 16.6 Å². The van der Waals surface area contributed by atoms with Crippen LogP contribution in [0.15, 0.2) is 95.9 Å². The zero-order valence-electron chi connectivity index (χ0n) is 25.6. The number of methoxy groups -OCH3 is 1. The first-order chi connectivity index (χ1) is 20.7. The number of Topliss-reactive ketones (excluding diaryl/α,β-unsaturated/α-hetero) is 1. The lowest BCUT2D eigenvalue weighted by molar-refractivity contribution is 0.0635. The van der Waals surface area contributed by atoms with Gasteiger partial charge in [-0.05, 0) is 100 Å². The lowest BCUT2D eigenvalue weighted by Crippen LogP contribution is -2.38. The van der Waals surface area contributed by atoms with Gasteiger partial charge in [-0.25, -0.2) is 13.2 Å². The molecule has 0 spiro atoms. The van der Waals surface area contributed by atoms with Crippen LogP contribution in [-0.4, -0.2) is 38.3 Å². The number of benzene rings is 4. The maximum atomic E-state index is 14.7. The van der Waals surface area contributed by atoms with Gasteiger partial charge in [0.15, 0.2) is 15.6 Å². The summed E-state index contributed by atoms with van der Waals surface area (Å²) in [6, 6.07) is 24.7. The van der Waals surface area contributed by atoms with E-state index in [2.05, 4.69) is 5.32 Å². The van der Waals surface area contributed by atoms with Crippen LogP contribution in [0.2, 0.25) is 5.02 Å². The molecule has 2 unspecified atom stereocenters. The molecule has 4 aromatic rings. The van der Waals surface area contributed by atoms with Crippen molar-refractivity contribution >= 4 is 39.0 Å². The lowest BCUT2D eigenvalue weighted by atomic mass is 9.83. The van der Waals surface area contributed by atoms with Crippen LogP contribution in [0.4, 0.5) is 10.5 Å². The summed E-state index contributed by atoms with van der Waals surface area (Å²) in [5, 5.41) is 1.62. The summed E-state index contributed by atoms with van der Waals surface area (Å²) in [6.45, 7) is 8.95. The van der Waals surface area contributed by atoms with Crippen LogP contribution in [-0.2, 0) is 14.6 Å². The molecule has 4 aromatic carbocycles. The van der Waals surface area contributed by atoms with Crippen LogP contribution < -0.4 is 10.1 Å². The van der Waals surface area contributed by atoms with E-state index in [4.69, 9.17) is 21.1 Å². The monoisotopic (exact) mass is 633 g/mol. The highest BCUT2D eigenvalue weighted by molar-refractivity contribution is 7.93. The van der Waals surface area contributed by atoms with Crippen LogP contribution in [0.1, 0.15) is 59.3 Å². The van der Waals surface area contributed by atoms with Crippen LogP contribution in [0.5, 0.6) is 5.75 Å². The fraction of sp³-hybridized carbons (Fsp3) is 0.257. The second-order valence-corrected chi connectivity index (χ2v) is 14.1. The van der Waals surface area contributed by atoms with Crippen molar-refractivity contribution in [3.63, 3.8) is 0 Å². The molecule has 44 heavy (non-hydrogen) atoms. The molecule has 7 nitrogen and oxygen atoms in total. The number of nitrogens with one attached hydrogen (secondary N) is 1. The maximum absolute atomic E-state index is 14.7. The minimum absolute atomic E-state index is 0.00299. The molecular weight excluding hydrogens is 598 g/mol. The van der Waals surface area contributed by atoms with E-state index < -0.39 is 38.5 Å². The van der Waals surface area contributed by atoms with Crippen LogP contribution >= 0.6 is 11.6 Å². The Hall–Kier alpha value is -4.14. The summed E-state index contributed by atoms with van der Waals surface area (Å²) in [4.78, 5) is 27.5. The number of carbonyl (C=O) groups is 2. The molecule has 0 saturated heterocycles. The largest absolute Gasteiger partial charge is 0.497 e. The molecule has 2 atom stereocenters. The van der Waals surface area contributed by atoms with Crippen molar-refractivity contribution in [3.05, 3.63) is 124 Å². The Morgan fingerprint density at radius 1 is 0.818 bits per heavy atom. The second kappa shape index (κ2) is 13.2. The number of halogens is 1. The van der Waals surface area contributed by atoms with Crippen molar-refractivity contribution in [2.75, 3.05) is 12.4 Å². The fourth-order valence-electron chi connectivity index (χ4n) is 4.92. The summed E-state index contributed by atoms with van der Waals surface area (Å²) >= 11 is 6.25. The Bertz CT molecular complexity index is 1740. The van der Waals surface area contributed by atoms with E-state index in [1.54, 1.807) is 99.6 Å². The third-order valence-electron chi connectivity index (χ3n) is 7.03. The molecule has 0 heterocycles. The van der Waals surface area contributed by atoms with Crippen molar-refractivity contribution in [1.82, 2.24) is 0 Å². The van der Waals surface area contributed by atoms with Gasteiger partial charge in [-0.1, -0.05) is 59.1 Å². The first-order valence-electron chi connectivity index (χ1n) is 14.0. The molecule has 0 bridgehead atoms. The Labute approximate surface area is 264 Å². The highest BCUT2D eigenvalue weighted by atomic mass is 35.5. The number of hydrogen-bond acceptors (Lipinski definition) is 6. The molecule has 9 heteroatoms. The quantitative estimate of drug-likeness (QED) is 0.187. The highest BCUT2D eigenvalue weighted by Gasteiger charge is 2.43. The van der Waals surface area contributed by atoms with Gasteiger partial charge in [0.05, 0.1) is 12.0 Å². The second-order valence-electron chi connectivity index (χ2n) is 11.6. The van der Waals surface area contributed by atoms with Gasteiger partial charge in [-0.2, -0.15) is 0 Å². The van der Waals surface area contributed by atoms with E-state index in [1.165, 1.54) is 19.2 Å². The third-order valence-corrected chi connectivity index (χ3v) is 9.36. The number of rotatable bonds is 9. The molecule has 0 aliphatic rings. The van der Waals surface area contributed by atoms with Gasteiger partial charge in [-0.15, -0.1) is 0 Å². The lowest BCUT2D eigenvalue weighted by Gasteiger charge is -2.30. The number of aryl methyl sites for hydroxylation is 2. The van der Waals surface area contributed by atoms with E-state index in [9.17, 15) is 18.0 Å². The summed E-state index contributed by atoms with van der Waals surface area (Å²) in [6.07, 6.45) is -0.711. The number of ketones is 1. The minimum atomic E-state index is -4.33. The number of sulfone groups is 1. The van der Waals surface area contributed by atoms with Gasteiger partial charge in [0.2, 0.25) is 0 Å². The van der Waals surface area contributed by atoms with Gasteiger partial charge < -0.3 is 9.47 Å². The van der Waals surface area contributed by atoms with Crippen LogP contribution in [0, 0.1) is 13.8 Å². The Kier molecular flexibility index (Phi) is 9.86. The zero-order chi connectivity index (χ0) is 32.2. The van der Waals surface area contributed by atoms with Gasteiger partial charge in [0.25, 0.3) is 0 Å². The van der Waals surface area contributed by atoms with Crippen LogP contribution in [0.3, 0.4) is 0 Å². The summed E-state index contributed by atoms with van der Waals surface area (Å²) in [5.74, 6) is -1.15. The van der Waals surface area contributed by atoms with Crippen LogP contribution in [0.25, 0.3) is 0 Å². The van der Waals surface area contributed by atoms with Crippen molar-refractivity contribution in [3.8, 4) is 5.75 Å². The summed E-state index contributed by atoms with van der Waals surface area (Å²) < 4.78 is 40.1. The molecule has 0 saturated carbocycles. The molecule has 1 amide bonds. The molecule has 230 valence electrons. The predicted octanol–water partition coefficient (Wildman–Crippen LogP) is 8.17. The Balaban J connectivity index is 2.01.